The molecule has 158 valence electrons. The van der Waals surface area contributed by atoms with Gasteiger partial charge in [-0.05, 0) is 43.2 Å². The van der Waals surface area contributed by atoms with Crippen molar-refractivity contribution >= 4 is 6.09 Å². The van der Waals surface area contributed by atoms with Crippen molar-refractivity contribution in [3.8, 4) is 5.69 Å². The highest BCUT2D eigenvalue weighted by atomic mass is 19.1. The van der Waals surface area contributed by atoms with Crippen LogP contribution in [0, 0.1) is 11.6 Å². The van der Waals surface area contributed by atoms with Crippen LogP contribution in [0.15, 0.2) is 71.3 Å². The van der Waals surface area contributed by atoms with Gasteiger partial charge in [-0.15, -0.1) is 0 Å². The number of amides is 1. The Hall–Kier alpha value is -3.55. The summed E-state index contributed by atoms with van der Waals surface area (Å²) in [7, 11) is 0. The Bertz CT molecular complexity index is 1020. The number of hydrogen-bond donors (Lipinski definition) is 1. The third-order valence-electron chi connectivity index (χ3n) is 3.78. The van der Waals surface area contributed by atoms with Gasteiger partial charge in [0, 0.05) is 30.4 Å². The maximum atomic E-state index is 13.5. The second-order valence-electron chi connectivity index (χ2n) is 6.39. The van der Waals surface area contributed by atoms with Gasteiger partial charge in [0.15, 0.2) is 0 Å². The van der Waals surface area contributed by atoms with Gasteiger partial charge in [0.25, 0.3) is 0 Å². The number of carbonyl (C=O) groups excluding carboxylic acids is 1. The van der Waals surface area contributed by atoms with Crippen molar-refractivity contribution in [2.75, 3.05) is 6.61 Å². The number of aromatic nitrogens is 2. The minimum Gasteiger partial charge on any atom is -0.449 e. The largest absolute Gasteiger partial charge is 0.449 e. The molecule has 0 spiro atoms. The van der Waals surface area contributed by atoms with Crippen LogP contribution in [0.3, 0.4) is 0 Å². The number of nitrogens with zero attached hydrogens (tertiary/aromatic N) is 2. The average Bonchev–Trinajstić information content (AvgIpc) is 2.67. The molecule has 0 fully saturated rings. The quantitative estimate of drug-likeness (QED) is 0.656. The van der Waals surface area contributed by atoms with E-state index in [4.69, 9.17) is 4.74 Å². The van der Waals surface area contributed by atoms with E-state index in [0.29, 0.717) is 24.3 Å². The number of nitrogens with one attached hydrogen (secondary N) is 1. The molecule has 1 aromatic heterocycles. The van der Waals surface area contributed by atoms with Gasteiger partial charge in [0.05, 0.1) is 12.3 Å². The molecule has 2 aromatic rings. The summed E-state index contributed by atoms with van der Waals surface area (Å²) in [5.41, 5.74) is 0.862. The van der Waals surface area contributed by atoms with Crippen LogP contribution >= 0.6 is 0 Å². The summed E-state index contributed by atoms with van der Waals surface area (Å²) < 4.78 is 33.2. The average molecular weight is 415 g/mol. The Balaban J connectivity index is 2.23. The van der Waals surface area contributed by atoms with Crippen LogP contribution in [0.2, 0.25) is 0 Å². The van der Waals surface area contributed by atoms with E-state index in [1.165, 1.54) is 16.9 Å². The van der Waals surface area contributed by atoms with Crippen LogP contribution in [0.1, 0.15) is 26.0 Å². The molecule has 1 heterocycles. The second-order valence-corrected chi connectivity index (χ2v) is 6.39. The molecular formula is C22H23F2N3O3. The number of ether oxygens (including phenoxy) is 1. The van der Waals surface area contributed by atoms with E-state index in [0.717, 1.165) is 18.2 Å². The lowest BCUT2D eigenvalue weighted by Crippen LogP contribution is -2.23. The first-order valence-electron chi connectivity index (χ1n) is 9.33. The van der Waals surface area contributed by atoms with Crippen LogP contribution in [0.5, 0.6) is 0 Å². The van der Waals surface area contributed by atoms with Crippen molar-refractivity contribution < 1.29 is 18.3 Å². The molecule has 0 aliphatic carbocycles. The SMILES string of the molecule is C=C(/C=C(\C=C/C)NC(=O)OCCC)Cc1nn(-c2cc(F)cc(F)c2)ccc1=O. The van der Waals surface area contributed by atoms with Crippen LogP contribution in [-0.2, 0) is 11.2 Å². The van der Waals surface area contributed by atoms with Crippen molar-refractivity contribution in [3.05, 3.63) is 94.1 Å². The van der Waals surface area contributed by atoms with Crippen LogP contribution in [-0.4, -0.2) is 22.5 Å². The van der Waals surface area contributed by atoms with Gasteiger partial charge < -0.3 is 4.74 Å². The minimum absolute atomic E-state index is 0.0736. The zero-order chi connectivity index (χ0) is 22.1. The summed E-state index contributed by atoms with van der Waals surface area (Å²) in [6.45, 7) is 7.87. The fourth-order valence-corrected chi connectivity index (χ4v) is 2.53. The summed E-state index contributed by atoms with van der Waals surface area (Å²) in [5, 5.41) is 6.77. The lowest BCUT2D eigenvalue weighted by molar-refractivity contribution is 0.149. The summed E-state index contributed by atoms with van der Waals surface area (Å²) in [4.78, 5) is 24.0. The summed E-state index contributed by atoms with van der Waals surface area (Å²) in [6, 6.07) is 4.22. The van der Waals surface area contributed by atoms with Gasteiger partial charge in [-0.2, -0.15) is 5.10 Å². The maximum absolute atomic E-state index is 13.5. The molecule has 0 bridgehead atoms. The van der Waals surface area contributed by atoms with E-state index < -0.39 is 17.7 Å². The zero-order valence-electron chi connectivity index (χ0n) is 16.8. The fraction of sp³-hybridized carbons (Fsp3) is 0.227. The number of rotatable bonds is 8. The molecule has 30 heavy (non-hydrogen) atoms. The zero-order valence-corrected chi connectivity index (χ0v) is 16.8. The van der Waals surface area contributed by atoms with Gasteiger partial charge >= 0.3 is 6.09 Å². The van der Waals surface area contributed by atoms with E-state index in [9.17, 15) is 18.4 Å². The summed E-state index contributed by atoms with van der Waals surface area (Å²) >= 11 is 0. The summed E-state index contributed by atoms with van der Waals surface area (Å²) in [6.07, 6.45) is 6.48. The molecule has 6 nitrogen and oxygen atoms in total. The molecule has 0 unspecified atom stereocenters. The Kier molecular flexibility index (Phi) is 8.22. The van der Waals surface area contributed by atoms with Crippen molar-refractivity contribution in [2.24, 2.45) is 0 Å². The van der Waals surface area contributed by atoms with E-state index in [2.05, 4.69) is 17.0 Å². The smallest absolute Gasteiger partial charge is 0.411 e. The number of halogens is 2. The van der Waals surface area contributed by atoms with E-state index >= 15 is 0 Å². The molecule has 1 amide bonds. The number of allylic oxidation sites excluding steroid dienone is 4. The Morgan fingerprint density at radius 2 is 2.00 bits per heavy atom. The number of hydrogen-bond acceptors (Lipinski definition) is 4. The molecule has 0 aliphatic rings. The van der Waals surface area contributed by atoms with Crippen molar-refractivity contribution in [3.63, 3.8) is 0 Å². The normalized spacial score (nSPS) is 11.5. The van der Waals surface area contributed by atoms with Crippen LogP contribution in [0.25, 0.3) is 5.69 Å². The second kappa shape index (κ2) is 10.8. The molecular weight excluding hydrogens is 392 g/mol. The molecule has 0 aliphatic heterocycles. The van der Waals surface area contributed by atoms with E-state index in [1.807, 2.05) is 6.92 Å². The van der Waals surface area contributed by atoms with Crippen LogP contribution in [0.4, 0.5) is 13.6 Å². The first-order valence-corrected chi connectivity index (χ1v) is 9.33. The highest BCUT2D eigenvalue weighted by molar-refractivity contribution is 5.70. The van der Waals surface area contributed by atoms with Gasteiger partial charge in [-0.25, -0.2) is 18.3 Å². The standard InChI is InChI=1S/C22H23F2N3O3/c1-4-6-18(25-22(29)30-9-5-2)10-15(3)11-20-21(28)7-8-27(26-20)19-13-16(23)12-17(24)14-19/h4,6-8,10,12-14H,3,5,9,11H2,1-2H3,(H,25,29)/b6-4-,18-10+. The Labute approximate surface area is 173 Å². The predicted octanol–water partition coefficient (Wildman–Crippen LogP) is 4.21. The highest BCUT2D eigenvalue weighted by Gasteiger charge is 2.09. The lowest BCUT2D eigenvalue weighted by Gasteiger charge is -2.10. The molecule has 1 aromatic carbocycles. The number of carbonyl (C=O) groups is 1. The third kappa shape index (κ3) is 6.80. The third-order valence-corrected chi connectivity index (χ3v) is 3.78. The topological polar surface area (TPSA) is 73.2 Å². The monoisotopic (exact) mass is 415 g/mol. The molecule has 0 atom stereocenters. The summed E-state index contributed by atoms with van der Waals surface area (Å²) in [5.74, 6) is -1.51. The molecule has 0 saturated heterocycles. The highest BCUT2D eigenvalue weighted by Crippen LogP contribution is 2.12. The van der Waals surface area contributed by atoms with Crippen molar-refractivity contribution in [2.45, 2.75) is 26.7 Å². The number of benzene rings is 1. The van der Waals surface area contributed by atoms with Gasteiger partial charge in [-0.3, -0.25) is 10.1 Å². The van der Waals surface area contributed by atoms with Crippen LogP contribution < -0.4 is 10.7 Å². The fourth-order valence-electron chi connectivity index (χ4n) is 2.53. The molecule has 8 heteroatoms. The van der Waals surface area contributed by atoms with Gasteiger partial charge in [-0.1, -0.05) is 19.6 Å². The van der Waals surface area contributed by atoms with E-state index in [-0.39, 0.29) is 23.2 Å². The molecule has 1 N–H and O–H groups in total. The lowest BCUT2D eigenvalue weighted by atomic mass is 10.1. The molecule has 0 radical (unpaired) electrons. The molecule has 0 saturated carbocycles. The van der Waals surface area contributed by atoms with Crippen molar-refractivity contribution in [1.82, 2.24) is 15.1 Å². The molecule has 2 rings (SSSR count). The first kappa shape index (κ1) is 22.7. The maximum Gasteiger partial charge on any atom is 0.411 e. The Morgan fingerprint density at radius 3 is 2.63 bits per heavy atom. The number of alkyl carbamates (subject to hydrolysis) is 1. The predicted molar refractivity (Wildman–Crippen MR) is 110 cm³/mol. The van der Waals surface area contributed by atoms with Gasteiger partial charge in [0.1, 0.15) is 17.3 Å². The van der Waals surface area contributed by atoms with Crippen molar-refractivity contribution in [1.29, 1.82) is 0 Å². The van der Waals surface area contributed by atoms with E-state index in [1.54, 1.807) is 25.2 Å². The van der Waals surface area contributed by atoms with Gasteiger partial charge in [0.2, 0.25) is 5.43 Å². The minimum atomic E-state index is -0.753. The Morgan fingerprint density at radius 1 is 1.30 bits per heavy atom. The first-order chi connectivity index (χ1) is 14.3.